The lowest BCUT2D eigenvalue weighted by Gasteiger charge is -2.30. The molecule has 0 saturated heterocycles. The summed E-state index contributed by atoms with van der Waals surface area (Å²) in [5, 5.41) is 10.1. The van der Waals surface area contributed by atoms with Gasteiger partial charge in [0.1, 0.15) is 5.75 Å². The van der Waals surface area contributed by atoms with E-state index >= 15 is 0 Å². The number of nitrogens with two attached hydrogens (primary N) is 1. The Kier molecular flexibility index (Phi) is 3.29. The molecule has 0 aliphatic carbocycles. The molecule has 2 aromatic carbocycles. The van der Waals surface area contributed by atoms with Crippen LogP contribution in [-0.2, 0) is 13.0 Å². The lowest BCUT2D eigenvalue weighted by atomic mass is 9.97. The van der Waals surface area contributed by atoms with Crippen molar-refractivity contribution in [1.82, 2.24) is 4.90 Å². The van der Waals surface area contributed by atoms with Gasteiger partial charge in [-0.15, -0.1) is 0 Å². The van der Waals surface area contributed by atoms with E-state index in [1.165, 1.54) is 5.56 Å². The third kappa shape index (κ3) is 2.33. The number of nitrogens with zero attached hydrogens (tertiary/aromatic N) is 1. The highest BCUT2D eigenvalue weighted by atomic mass is 16.3. The Morgan fingerprint density at radius 1 is 1.24 bits per heavy atom. The molecule has 4 nitrogen and oxygen atoms in total. The standard InChI is InChI=1S/C17H18N2O2/c1-11-4-2-6-13(16(11)20)17(21)19-9-8-12-5-3-7-15(18)14(12)10-19/h2-7,20H,8-10,18H2,1H3. The average Bonchev–Trinajstić information content (AvgIpc) is 2.49. The fraction of sp³-hybridized carbons (Fsp3) is 0.235. The van der Waals surface area contributed by atoms with E-state index in [-0.39, 0.29) is 11.7 Å². The number of anilines is 1. The number of rotatable bonds is 1. The van der Waals surface area contributed by atoms with Crippen molar-refractivity contribution in [3.05, 3.63) is 58.7 Å². The minimum atomic E-state index is -0.148. The summed E-state index contributed by atoms with van der Waals surface area (Å²) < 4.78 is 0. The molecule has 0 unspecified atom stereocenters. The zero-order valence-electron chi connectivity index (χ0n) is 12.0. The first-order valence-corrected chi connectivity index (χ1v) is 7.02. The minimum Gasteiger partial charge on any atom is -0.507 e. The Morgan fingerprint density at radius 3 is 2.81 bits per heavy atom. The molecule has 21 heavy (non-hydrogen) atoms. The Labute approximate surface area is 123 Å². The third-order valence-electron chi connectivity index (χ3n) is 4.06. The number of benzene rings is 2. The summed E-state index contributed by atoms with van der Waals surface area (Å²) in [6, 6.07) is 11.1. The van der Waals surface area contributed by atoms with Gasteiger partial charge in [0.15, 0.2) is 0 Å². The molecule has 0 fully saturated rings. The molecule has 1 heterocycles. The van der Waals surface area contributed by atoms with Gasteiger partial charge in [-0.25, -0.2) is 0 Å². The molecule has 0 bridgehead atoms. The second-order valence-corrected chi connectivity index (χ2v) is 5.43. The number of carbonyl (C=O) groups is 1. The van der Waals surface area contributed by atoms with E-state index in [9.17, 15) is 9.90 Å². The van der Waals surface area contributed by atoms with E-state index in [1.807, 2.05) is 12.1 Å². The van der Waals surface area contributed by atoms with Gasteiger partial charge >= 0.3 is 0 Å². The van der Waals surface area contributed by atoms with Gasteiger partial charge < -0.3 is 15.7 Å². The van der Waals surface area contributed by atoms with Crippen LogP contribution in [0.3, 0.4) is 0 Å². The number of aromatic hydroxyl groups is 1. The van der Waals surface area contributed by atoms with Crippen LogP contribution in [0.2, 0.25) is 0 Å². The molecule has 1 aliphatic heterocycles. The van der Waals surface area contributed by atoms with Crippen molar-refractivity contribution >= 4 is 11.6 Å². The molecular weight excluding hydrogens is 264 g/mol. The van der Waals surface area contributed by atoms with Crippen LogP contribution in [0.15, 0.2) is 36.4 Å². The number of fused-ring (bicyclic) bond motifs is 1. The quantitative estimate of drug-likeness (QED) is 0.790. The van der Waals surface area contributed by atoms with E-state index in [1.54, 1.807) is 30.0 Å². The van der Waals surface area contributed by atoms with Crippen molar-refractivity contribution in [2.75, 3.05) is 12.3 Å². The minimum absolute atomic E-state index is 0.0642. The molecule has 0 saturated carbocycles. The maximum absolute atomic E-state index is 12.6. The summed E-state index contributed by atoms with van der Waals surface area (Å²) in [5.41, 5.74) is 10.0. The van der Waals surface area contributed by atoms with Gasteiger partial charge in [-0.2, -0.15) is 0 Å². The Balaban J connectivity index is 1.91. The molecule has 0 atom stereocenters. The van der Waals surface area contributed by atoms with Gasteiger partial charge in [0, 0.05) is 18.8 Å². The first-order chi connectivity index (χ1) is 10.1. The molecule has 4 heteroatoms. The average molecular weight is 282 g/mol. The number of phenolic OH excluding ortho intramolecular Hbond substituents is 1. The molecule has 3 rings (SSSR count). The molecular formula is C17H18N2O2. The number of phenols is 1. The largest absolute Gasteiger partial charge is 0.507 e. The second kappa shape index (κ2) is 5.13. The summed E-state index contributed by atoms with van der Waals surface area (Å²) in [6.45, 7) is 2.92. The summed E-state index contributed by atoms with van der Waals surface area (Å²) >= 11 is 0. The maximum atomic E-state index is 12.6. The van der Waals surface area contributed by atoms with Crippen LogP contribution >= 0.6 is 0 Å². The molecule has 0 aromatic heterocycles. The highest BCUT2D eigenvalue weighted by Crippen LogP contribution is 2.28. The van der Waals surface area contributed by atoms with E-state index in [2.05, 4.69) is 6.07 Å². The predicted octanol–water partition coefficient (Wildman–Crippen LogP) is 2.48. The number of aryl methyl sites for hydroxylation is 1. The summed E-state index contributed by atoms with van der Waals surface area (Å²) in [7, 11) is 0. The third-order valence-corrected chi connectivity index (χ3v) is 4.06. The van der Waals surface area contributed by atoms with Gasteiger partial charge in [-0.05, 0) is 42.2 Å². The molecule has 108 valence electrons. The maximum Gasteiger partial charge on any atom is 0.257 e. The van der Waals surface area contributed by atoms with Crippen LogP contribution < -0.4 is 5.73 Å². The summed E-state index contributed by atoms with van der Waals surface area (Å²) in [4.78, 5) is 14.4. The van der Waals surface area contributed by atoms with Crippen molar-refractivity contribution in [1.29, 1.82) is 0 Å². The van der Waals surface area contributed by atoms with Crippen LogP contribution in [-0.4, -0.2) is 22.5 Å². The van der Waals surface area contributed by atoms with Crippen molar-refractivity contribution in [3.63, 3.8) is 0 Å². The number of hydrogen-bond donors (Lipinski definition) is 2. The van der Waals surface area contributed by atoms with Crippen LogP contribution in [0.5, 0.6) is 5.75 Å². The lowest BCUT2D eigenvalue weighted by Crippen LogP contribution is -2.36. The van der Waals surface area contributed by atoms with Crippen molar-refractivity contribution in [2.24, 2.45) is 0 Å². The zero-order valence-corrected chi connectivity index (χ0v) is 12.0. The van der Waals surface area contributed by atoms with Gasteiger partial charge in [-0.1, -0.05) is 24.3 Å². The van der Waals surface area contributed by atoms with Gasteiger partial charge in [0.25, 0.3) is 5.91 Å². The zero-order chi connectivity index (χ0) is 15.0. The van der Waals surface area contributed by atoms with E-state index < -0.39 is 0 Å². The van der Waals surface area contributed by atoms with Crippen molar-refractivity contribution in [2.45, 2.75) is 19.9 Å². The van der Waals surface area contributed by atoms with Crippen LogP contribution in [0.4, 0.5) is 5.69 Å². The topological polar surface area (TPSA) is 66.6 Å². The van der Waals surface area contributed by atoms with Crippen molar-refractivity contribution < 1.29 is 9.90 Å². The number of para-hydroxylation sites is 1. The van der Waals surface area contributed by atoms with Crippen molar-refractivity contribution in [3.8, 4) is 5.75 Å². The highest BCUT2D eigenvalue weighted by molar-refractivity contribution is 5.97. The fourth-order valence-electron chi connectivity index (χ4n) is 2.78. The van der Waals surface area contributed by atoms with Crippen LogP contribution in [0.1, 0.15) is 27.0 Å². The number of carbonyl (C=O) groups excluding carboxylic acids is 1. The Morgan fingerprint density at radius 2 is 2.00 bits per heavy atom. The fourth-order valence-corrected chi connectivity index (χ4v) is 2.78. The van der Waals surface area contributed by atoms with Gasteiger partial charge in [0.05, 0.1) is 5.56 Å². The SMILES string of the molecule is Cc1cccc(C(=O)N2CCc3cccc(N)c3C2)c1O. The Hall–Kier alpha value is -2.49. The molecule has 1 amide bonds. The summed E-state index contributed by atoms with van der Waals surface area (Å²) in [6.07, 6.45) is 0.790. The molecule has 1 aliphatic rings. The first-order valence-electron chi connectivity index (χ1n) is 7.02. The first kappa shape index (κ1) is 13.5. The monoisotopic (exact) mass is 282 g/mol. The molecule has 2 aromatic rings. The predicted molar refractivity (Wildman–Crippen MR) is 82.1 cm³/mol. The van der Waals surface area contributed by atoms with Crippen LogP contribution in [0.25, 0.3) is 0 Å². The molecule has 3 N–H and O–H groups in total. The lowest BCUT2D eigenvalue weighted by molar-refractivity contribution is 0.0732. The van der Waals surface area contributed by atoms with E-state index in [4.69, 9.17) is 5.73 Å². The Bertz CT molecular complexity index is 710. The number of nitrogen functional groups attached to an aromatic ring is 1. The summed E-state index contributed by atoms with van der Waals surface area (Å²) in [5.74, 6) is -0.0839. The number of hydrogen-bond acceptors (Lipinski definition) is 3. The normalized spacial score (nSPS) is 13.9. The highest BCUT2D eigenvalue weighted by Gasteiger charge is 2.24. The smallest absolute Gasteiger partial charge is 0.257 e. The second-order valence-electron chi connectivity index (χ2n) is 5.43. The molecule has 0 spiro atoms. The van der Waals surface area contributed by atoms with Crippen LogP contribution in [0, 0.1) is 6.92 Å². The van der Waals surface area contributed by atoms with Gasteiger partial charge in [0.2, 0.25) is 0 Å². The molecule has 0 radical (unpaired) electrons. The number of amides is 1. The van der Waals surface area contributed by atoms with Gasteiger partial charge in [-0.3, -0.25) is 4.79 Å². The van der Waals surface area contributed by atoms with E-state index in [0.29, 0.717) is 24.2 Å². The van der Waals surface area contributed by atoms with E-state index in [0.717, 1.165) is 17.7 Å².